The van der Waals surface area contributed by atoms with E-state index in [1.165, 1.54) is 17.0 Å². The summed E-state index contributed by atoms with van der Waals surface area (Å²) in [5, 5.41) is 19.1. The van der Waals surface area contributed by atoms with Crippen LogP contribution >= 0.6 is 0 Å². The third-order valence-electron chi connectivity index (χ3n) is 3.37. The Morgan fingerprint density at radius 1 is 1.50 bits per heavy atom. The Bertz CT molecular complexity index is 438. The van der Waals surface area contributed by atoms with Crippen molar-refractivity contribution in [2.75, 3.05) is 13.1 Å². The molecular formula is C13H16FNO3. The van der Waals surface area contributed by atoms with E-state index < -0.39 is 18.0 Å². The van der Waals surface area contributed by atoms with Crippen LogP contribution in [0.3, 0.4) is 0 Å². The number of carbonyl (C=O) groups is 1. The molecule has 1 saturated heterocycles. The van der Waals surface area contributed by atoms with Gasteiger partial charge in [0.1, 0.15) is 5.82 Å². The van der Waals surface area contributed by atoms with Gasteiger partial charge in [0, 0.05) is 19.0 Å². The van der Waals surface area contributed by atoms with Crippen LogP contribution in [0.1, 0.15) is 24.5 Å². The fraction of sp³-hybridized carbons (Fsp3) is 0.462. The van der Waals surface area contributed by atoms with Crippen molar-refractivity contribution in [1.82, 2.24) is 4.90 Å². The molecule has 2 N–H and O–H groups in total. The van der Waals surface area contributed by atoms with Gasteiger partial charge in [-0.1, -0.05) is 12.1 Å². The highest BCUT2D eigenvalue weighted by Crippen LogP contribution is 2.29. The van der Waals surface area contributed by atoms with Crippen molar-refractivity contribution >= 4 is 6.09 Å². The minimum atomic E-state index is -0.967. The number of benzene rings is 1. The molecular weight excluding hydrogens is 237 g/mol. The number of aliphatic hydroxyl groups is 1. The molecule has 1 aliphatic rings. The molecule has 2 unspecified atom stereocenters. The molecule has 1 amide bonds. The van der Waals surface area contributed by atoms with Crippen molar-refractivity contribution in [2.24, 2.45) is 5.92 Å². The minimum Gasteiger partial charge on any atom is -0.465 e. The van der Waals surface area contributed by atoms with Crippen LogP contribution in [0.2, 0.25) is 0 Å². The highest BCUT2D eigenvalue weighted by atomic mass is 19.1. The van der Waals surface area contributed by atoms with Gasteiger partial charge in [-0.15, -0.1) is 0 Å². The standard InChI is InChI=1S/C13H16FNO3/c14-11-5-1-3-9(7-11)12(16)10-4-2-6-15(8-10)13(17)18/h1,3,5,7,10,12,16H,2,4,6,8H2,(H,17,18). The van der Waals surface area contributed by atoms with Crippen molar-refractivity contribution in [2.45, 2.75) is 18.9 Å². The van der Waals surface area contributed by atoms with E-state index in [-0.39, 0.29) is 5.92 Å². The smallest absolute Gasteiger partial charge is 0.407 e. The molecule has 2 rings (SSSR count). The van der Waals surface area contributed by atoms with Crippen LogP contribution in [0.4, 0.5) is 9.18 Å². The molecule has 98 valence electrons. The number of nitrogens with zero attached hydrogens (tertiary/aromatic N) is 1. The number of halogens is 1. The van der Waals surface area contributed by atoms with Crippen LogP contribution in [-0.4, -0.2) is 34.3 Å². The van der Waals surface area contributed by atoms with Gasteiger partial charge in [-0.2, -0.15) is 0 Å². The van der Waals surface area contributed by atoms with E-state index in [1.54, 1.807) is 12.1 Å². The van der Waals surface area contributed by atoms with Crippen molar-refractivity contribution in [1.29, 1.82) is 0 Å². The normalized spacial score (nSPS) is 21.7. The molecule has 1 fully saturated rings. The summed E-state index contributed by atoms with van der Waals surface area (Å²) in [6.07, 6.45) is -0.306. The molecule has 0 spiro atoms. The van der Waals surface area contributed by atoms with E-state index in [2.05, 4.69) is 0 Å². The summed E-state index contributed by atoms with van der Waals surface area (Å²) in [4.78, 5) is 12.2. The lowest BCUT2D eigenvalue weighted by Crippen LogP contribution is -2.40. The van der Waals surface area contributed by atoms with E-state index in [9.17, 15) is 14.3 Å². The molecule has 4 nitrogen and oxygen atoms in total. The van der Waals surface area contributed by atoms with Crippen LogP contribution in [-0.2, 0) is 0 Å². The Balaban J connectivity index is 2.09. The SMILES string of the molecule is O=C(O)N1CCCC(C(O)c2cccc(F)c2)C1. The first kappa shape index (κ1) is 12.8. The molecule has 1 heterocycles. The Kier molecular flexibility index (Phi) is 3.81. The second kappa shape index (κ2) is 5.35. The molecule has 18 heavy (non-hydrogen) atoms. The number of carboxylic acid groups (broad SMARTS) is 1. The van der Waals surface area contributed by atoms with Gasteiger partial charge in [-0.3, -0.25) is 0 Å². The molecule has 0 radical (unpaired) electrons. The van der Waals surface area contributed by atoms with E-state index in [4.69, 9.17) is 5.11 Å². The van der Waals surface area contributed by atoms with Crippen LogP contribution in [0, 0.1) is 11.7 Å². The largest absolute Gasteiger partial charge is 0.465 e. The van der Waals surface area contributed by atoms with E-state index in [1.807, 2.05) is 0 Å². The topological polar surface area (TPSA) is 60.8 Å². The predicted octanol–water partition coefficient (Wildman–Crippen LogP) is 2.25. The van der Waals surface area contributed by atoms with Crippen LogP contribution in [0.25, 0.3) is 0 Å². The Labute approximate surface area is 105 Å². The third kappa shape index (κ3) is 2.79. The Hall–Kier alpha value is -1.62. The maximum absolute atomic E-state index is 13.1. The zero-order valence-corrected chi connectivity index (χ0v) is 9.92. The molecule has 2 atom stereocenters. The average Bonchev–Trinajstić information content (AvgIpc) is 2.38. The molecule has 0 bridgehead atoms. The fourth-order valence-electron chi connectivity index (χ4n) is 2.40. The van der Waals surface area contributed by atoms with Gasteiger partial charge >= 0.3 is 6.09 Å². The highest BCUT2D eigenvalue weighted by molar-refractivity contribution is 5.65. The van der Waals surface area contributed by atoms with Crippen LogP contribution in [0.5, 0.6) is 0 Å². The maximum Gasteiger partial charge on any atom is 0.407 e. The molecule has 1 aliphatic heterocycles. The minimum absolute atomic E-state index is 0.170. The highest BCUT2D eigenvalue weighted by Gasteiger charge is 2.29. The van der Waals surface area contributed by atoms with Gasteiger partial charge in [0.2, 0.25) is 0 Å². The van der Waals surface area contributed by atoms with E-state index in [0.717, 1.165) is 12.8 Å². The first-order valence-corrected chi connectivity index (χ1v) is 5.99. The van der Waals surface area contributed by atoms with Crippen LogP contribution in [0.15, 0.2) is 24.3 Å². The van der Waals surface area contributed by atoms with Gasteiger partial charge < -0.3 is 15.1 Å². The third-order valence-corrected chi connectivity index (χ3v) is 3.37. The molecule has 0 saturated carbocycles. The molecule has 5 heteroatoms. The quantitative estimate of drug-likeness (QED) is 0.849. The van der Waals surface area contributed by atoms with Gasteiger partial charge in [0.15, 0.2) is 0 Å². The number of amides is 1. The average molecular weight is 253 g/mol. The molecule has 0 aromatic heterocycles. The van der Waals surface area contributed by atoms with Gasteiger partial charge in [0.25, 0.3) is 0 Å². The molecule has 1 aromatic rings. The monoisotopic (exact) mass is 253 g/mol. The molecule has 0 aliphatic carbocycles. The first-order valence-electron chi connectivity index (χ1n) is 5.99. The van der Waals surface area contributed by atoms with Crippen LogP contribution < -0.4 is 0 Å². The number of hydrogen-bond acceptors (Lipinski definition) is 2. The van der Waals surface area contributed by atoms with Gasteiger partial charge in [-0.25, -0.2) is 9.18 Å². The summed E-state index contributed by atoms with van der Waals surface area (Å²) in [5.74, 6) is -0.561. The number of rotatable bonds is 2. The second-order valence-electron chi connectivity index (χ2n) is 4.63. The van der Waals surface area contributed by atoms with Crippen molar-refractivity contribution in [3.8, 4) is 0 Å². The summed E-state index contributed by atoms with van der Waals surface area (Å²) in [7, 11) is 0. The zero-order valence-electron chi connectivity index (χ0n) is 9.92. The summed E-state index contributed by atoms with van der Waals surface area (Å²) in [5.41, 5.74) is 0.507. The van der Waals surface area contributed by atoms with Gasteiger partial charge in [-0.05, 0) is 30.5 Å². The lowest BCUT2D eigenvalue weighted by atomic mass is 9.88. The Morgan fingerprint density at radius 3 is 2.94 bits per heavy atom. The summed E-state index contributed by atoms with van der Waals surface area (Å²) in [6, 6.07) is 5.82. The predicted molar refractivity (Wildman–Crippen MR) is 63.7 cm³/mol. The van der Waals surface area contributed by atoms with Gasteiger partial charge in [0.05, 0.1) is 6.10 Å². The number of hydrogen-bond donors (Lipinski definition) is 2. The Morgan fingerprint density at radius 2 is 2.28 bits per heavy atom. The lowest BCUT2D eigenvalue weighted by Gasteiger charge is -2.33. The van der Waals surface area contributed by atoms with E-state index in [0.29, 0.717) is 18.7 Å². The van der Waals surface area contributed by atoms with Crippen molar-refractivity contribution in [3.05, 3.63) is 35.6 Å². The van der Waals surface area contributed by atoms with Crippen molar-refractivity contribution in [3.63, 3.8) is 0 Å². The number of piperidine rings is 1. The summed E-state index contributed by atoms with van der Waals surface area (Å²) in [6.45, 7) is 0.800. The number of aliphatic hydroxyl groups excluding tert-OH is 1. The molecule has 1 aromatic carbocycles. The maximum atomic E-state index is 13.1. The van der Waals surface area contributed by atoms with Crippen molar-refractivity contribution < 1.29 is 19.4 Å². The first-order chi connectivity index (χ1) is 8.58. The second-order valence-corrected chi connectivity index (χ2v) is 4.63. The summed E-state index contributed by atoms with van der Waals surface area (Å²) < 4.78 is 13.1. The lowest BCUT2D eigenvalue weighted by molar-refractivity contribution is 0.0501. The van der Waals surface area contributed by atoms with E-state index >= 15 is 0 Å². The number of likely N-dealkylation sites (tertiary alicyclic amines) is 1. The summed E-state index contributed by atoms with van der Waals surface area (Å²) >= 11 is 0. The zero-order chi connectivity index (χ0) is 13.1. The fourth-order valence-corrected chi connectivity index (χ4v) is 2.40.